The van der Waals surface area contributed by atoms with E-state index in [9.17, 15) is 0 Å². The molecule has 10 aromatic carbocycles. The van der Waals surface area contributed by atoms with Crippen molar-refractivity contribution in [1.29, 1.82) is 0 Å². The molecule has 1 aromatic heterocycles. The molecule has 13 rings (SSSR count). The summed E-state index contributed by atoms with van der Waals surface area (Å²) in [5, 5.41) is 2.49. The second-order valence-electron chi connectivity index (χ2n) is 18.4. The molecular weight excluding hydrogens is 829 g/mol. The molecule has 0 N–H and O–H groups in total. The van der Waals surface area contributed by atoms with E-state index in [-0.39, 0.29) is 5.41 Å². The van der Waals surface area contributed by atoms with E-state index in [0.29, 0.717) is 0 Å². The molecule has 318 valence electrons. The van der Waals surface area contributed by atoms with Crippen LogP contribution in [-0.2, 0) is 10.8 Å². The van der Waals surface area contributed by atoms with Gasteiger partial charge >= 0.3 is 0 Å². The number of benzene rings is 10. The summed E-state index contributed by atoms with van der Waals surface area (Å²) < 4.78 is 2.54. The zero-order valence-corrected chi connectivity index (χ0v) is 38.2. The van der Waals surface area contributed by atoms with E-state index in [2.05, 4.69) is 266 Å². The first-order chi connectivity index (χ1) is 33.0. The number of rotatable bonds is 8. The first kappa shape index (κ1) is 39.4. The van der Waals surface area contributed by atoms with Gasteiger partial charge in [0.05, 0.1) is 16.8 Å². The minimum Gasteiger partial charge on any atom is -0.310 e. The highest BCUT2D eigenvalue weighted by Crippen LogP contribution is 2.61. The fraction of sp³-hybridized carbons (Fsp3) is 0.0625. The third-order valence-corrected chi connectivity index (χ3v) is 15.6. The van der Waals surface area contributed by atoms with Crippen LogP contribution in [0.3, 0.4) is 0 Å². The Balaban J connectivity index is 1.09. The zero-order valence-electron chi connectivity index (χ0n) is 37.4. The second-order valence-corrected chi connectivity index (χ2v) is 19.5. The SMILES string of the molecule is CC1(C)c2ccccc2-c2cccc(N(c3ccc4sc5ccc(N(c6ccccc6)c6ccccc6)cc5c4c3)c3cccc4c3-c3ccccc3C4(c3ccccc3)c3ccccc3)c21. The minimum absolute atomic E-state index is 0.249. The molecule has 0 aliphatic heterocycles. The zero-order chi connectivity index (χ0) is 44.7. The Kier molecular flexibility index (Phi) is 9.00. The molecule has 0 saturated heterocycles. The van der Waals surface area contributed by atoms with E-state index in [4.69, 9.17) is 0 Å². The van der Waals surface area contributed by atoms with Crippen LogP contribution >= 0.6 is 11.3 Å². The quantitative estimate of drug-likeness (QED) is 0.150. The van der Waals surface area contributed by atoms with Crippen LogP contribution in [0, 0.1) is 0 Å². The van der Waals surface area contributed by atoms with Crippen LogP contribution in [-0.4, -0.2) is 0 Å². The van der Waals surface area contributed by atoms with E-state index >= 15 is 0 Å². The average molecular weight is 875 g/mol. The standard InChI is InChI=1S/C64H46N2S/c1-63(2)54-32-17-15-29-49(54)50-31-19-36-58(62(50)63)66(57-35-20-34-56-61(57)51-30-16-18-33-55(51)64(56,43-21-7-3-8-22-43)44-23-9-4-10-24-44)48-38-40-60-53(42-48)52-41-47(37-39-59(52)67-60)65(45-25-11-5-12-26-45)46-27-13-6-14-28-46/h3-42H,1-2H3. The first-order valence-corrected chi connectivity index (χ1v) is 24.1. The third kappa shape index (κ3) is 5.88. The number of fused-ring (bicyclic) bond motifs is 9. The van der Waals surface area contributed by atoms with Gasteiger partial charge in [-0.2, -0.15) is 0 Å². The Labute approximate surface area is 396 Å². The molecule has 0 bridgehead atoms. The highest BCUT2D eigenvalue weighted by atomic mass is 32.1. The minimum atomic E-state index is -0.530. The van der Waals surface area contributed by atoms with Gasteiger partial charge in [-0.1, -0.05) is 184 Å². The van der Waals surface area contributed by atoms with Crippen molar-refractivity contribution in [2.75, 3.05) is 9.80 Å². The summed E-state index contributed by atoms with van der Waals surface area (Å²) in [6.07, 6.45) is 0. The van der Waals surface area contributed by atoms with Crippen molar-refractivity contribution in [3.8, 4) is 22.3 Å². The van der Waals surface area contributed by atoms with Crippen molar-refractivity contribution >= 4 is 65.6 Å². The molecule has 67 heavy (non-hydrogen) atoms. The van der Waals surface area contributed by atoms with E-state index in [0.717, 1.165) is 28.4 Å². The summed E-state index contributed by atoms with van der Waals surface area (Å²) in [7, 11) is 0. The summed E-state index contributed by atoms with van der Waals surface area (Å²) in [6, 6.07) is 90.0. The normalized spacial score (nSPS) is 13.8. The molecule has 0 unspecified atom stereocenters. The molecule has 11 aromatic rings. The molecular formula is C64H46N2S. The molecule has 0 saturated carbocycles. The van der Waals surface area contributed by atoms with Crippen molar-refractivity contribution in [3.63, 3.8) is 0 Å². The third-order valence-electron chi connectivity index (χ3n) is 14.5. The smallest absolute Gasteiger partial charge is 0.0714 e. The summed E-state index contributed by atoms with van der Waals surface area (Å²) in [4.78, 5) is 4.96. The van der Waals surface area contributed by atoms with Crippen LogP contribution in [0.4, 0.5) is 34.1 Å². The number of para-hydroxylation sites is 2. The summed E-state index contributed by atoms with van der Waals surface area (Å²) in [5.74, 6) is 0. The van der Waals surface area contributed by atoms with Gasteiger partial charge in [-0.3, -0.25) is 0 Å². The number of hydrogen-bond donors (Lipinski definition) is 0. The summed E-state index contributed by atoms with van der Waals surface area (Å²) in [5.41, 5.74) is 19.0. The predicted octanol–water partition coefficient (Wildman–Crippen LogP) is 17.7. The van der Waals surface area contributed by atoms with Crippen LogP contribution in [0.1, 0.15) is 47.2 Å². The molecule has 2 nitrogen and oxygen atoms in total. The molecule has 0 amide bonds. The van der Waals surface area contributed by atoms with Gasteiger partial charge < -0.3 is 9.80 Å². The van der Waals surface area contributed by atoms with Crippen molar-refractivity contribution in [2.24, 2.45) is 0 Å². The van der Waals surface area contributed by atoms with E-state index in [1.807, 2.05) is 11.3 Å². The lowest BCUT2D eigenvalue weighted by Gasteiger charge is -2.35. The average Bonchev–Trinajstić information content (AvgIpc) is 3.99. The number of thiophene rings is 1. The largest absolute Gasteiger partial charge is 0.310 e. The Bertz CT molecular complexity index is 3590. The van der Waals surface area contributed by atoms with Crippen LogP contribution in [0.5, 0.6) is 0 Å². The fourth-order valence-electron chi connectivity index (χ4n) is 11.7. The highest BCUT2D eigenvalue weighted by Gasteiger charge is 2.48. The van der Waals surface area contributed by atoms with E-state index in [1.165, 1.54) is 81.5 Å². The lowest BCUT2D eigenvalue weighted by Crippen LogP contribution is -2.28. The Hall–Kier alpha value is -7.98. The molecule has 0 atom stereocenters. The molecule has 0 fully saturated rings. The van der Waals surface area contributed by atoms with Crippen molar-refractivity contribution in [2.45, 2.75) is 24.7 Å². The number of nitrogens with zero attached hydrogens (tertiary/aromatic N) is 2. The first-order valence-electron chi connectivity index (χ1n) is 23.3. The molecule has 0 radical (unpaired) electrons. The lowest BCUT2D eigenvalue weighted by molar-refractivity contribution is 0.661. The maximum atomic E-state index is 2.60. The fourth-order valence-corrected chi connectivity index (χ4v) is 12.8. The van der Waals surface area contributed by atoms with Gasteiger partial charge in [0, 0.05) is 53.9 Å². The van der Waals surface area contributed by atoms with Gasteiger partial charge in [-0.15, -0.1) is 11.3 Å². The maximum Gasteiger partial charge on any atom is 0.0714 e. The Morgan fingerprint density at radius 2 is 0.806 bits per heavy atom. The van der Waals surface area contributed by atoms with Crippen molar-refractivity contribution in [3.05, 3.63) is 276 Å². The van der Waals surface area contributed by atoms with Crippen molar-refractivity contribution in [1.82, 2.24) is 0 Å². The van der Waals surface area contributed by atoms with Crippen LogP contribution in [0.2, 0.25) is 0 Å². The van der Waals surface area contributed by atoms with E-state index in [1.54, 1.807) is 0 Å². The monoisotopic (exact) mass is 874 g/mol. The van der Waals surface area contributed by atoms with Crippen LogP contribution < -0.4 is 9.80 Å². The van der Waals surface area contributed by atoms with Gasteiger partial charge in [0.1, 0.15) is 0 Å². The second kappa shape index (κ2) is 15.3. The summed E-state index contributed by atoms with van der Waals surface area (Å²) >= 11 is 1.87. The van der Waals surface area contributed by atoms with Gasteiger partial charge in [-0.05, 0) is 123 Å². The molecule has 3 heteroatoms. The highest BCUT2D eigenvalue weighted by molar-refractivity contribution is 7.25. The maximum absolute atomic E-state index is 2.60. The summed E-state index contributed by atoms with van der Waals surface area (Å²) in [6.45, 7) is 4.81. The lowest BCUT2D eigenvalue weighted by atomic mass is 9.68. The Morgan fingerprint density at radius 1 is 0.343 bits per heavy atom. The van der Waals surface area contributed by atoms with Gasteiger partial charge in [-0.25, -0.2) is 0 Å². The molecule has 2 aliphatic carbocycles. The van der Waals surface area contributed by atoms with Gasteiger partial charge in [0.2, 0.25) is 0 Å². The number of anilines is 6. The molecule has 2 aliphatic rings. The predicted molar refractivity (Wildman–Crippen MR) is 284 cm³/mol. The topological polar surface area (TPSA) is 6.48 Å². The van der Waals surface area contributed by atoms with E-state index < -0.39 is 5.41 Å². The molecule has 0 spiro atoms. The van der Waals surface area contributed by atoms with Gasteiger partial charge in [0.25, 0.3) is 0 Å². The van der Waals surface area contributed by atoms with Crippen LogP contribution in [0.25, 0.3) is 42.4 Å². The van der Waals surface area contributed by atoms with Crippen LogP contribution in [0.15, 0.2) is 243 Å². The number of hydrogen-bond acceptors (Lipinski definition) is 3. The molecule has 1 heterocycles. The Morgan fingerprint density at radius 3 is 1.42 bits per heavy atom. The van der Waals surface area contributed by atoms with Gasteiger partial charge in [0.15, 0.2) is 0 Å². The van der Waals surface area contributed by atoms with Crippen molar-refractivity contribution < 1.29 is 0 Å².